The first-order valence-electron chi connectivity index (χ1n) is 5.96. The Balaban J connectivity index is 2.33. The lowest BCUT2D eigenvalue weighted by molar-refractivity contribution is -0.176. The molecule has 1 unspecified atom stereocenters. The normalized spacial score (nSPS) is 34.4. The van der Waals surface area contributed by atoms with Crippen LogP contribution in [0.1, 0.15) is 52.9 Å². The lowest BCUT2D eigenvalue weighted by Gasteiger charge is -2.49. The third kappa shape index (κ3) is 1.37. The van der Waals surface area contributed by atoms with E-state index in [0.717, 1.165) is 19.3 Å². The molecule has 1 atom stereocenters. The monoisotopic (exact) mass is 214 g/mol. The van der Waals surface area contributed by atoms with Crippen LogP contribution in [0, 0.1) is 5.41 Å². The number of rotatable bonds is 3. The second-order valence-corrected chi connectivity index (χ2v) is 5.40. The van der Waals surface area contributed by atoms with Crippen molar-refractivity contribution in [3.05, 3.63) is 0 Å². The molecule has 1 aliphatic carbocycles. The molecule has 2 rings (SSSR count). The lowest BCUT2D eigenvalue weighted by Crippen LogP contribution is -2.58. The molecule has 1 saturated carbocycles. The largest absolute Gasteiger partial charge is 0.372 e. The maximum atomic E-state index is 5.86. The molecule has 1 aliphatic heterocycles. The summed E-state index contributed by atoms with van der Waals surface area (Å²) in [6, 6.07) is 0. The Labute approximate surface area is 92.0 Å². The molecule has 0 radical (unpaired) electrons. The molecule has 15 heavy (non-hydrogen) atoms. The molecule has 0 aromatic carbocycles. The van der Waals surface area contributed by atoms with Crippen LogP contribution in [-0.4, -0.2) is 18.5 Å². The zero-order valence-corrected chi connectivity index (χ0v) is 10.3. The second-order valence-electron chi connectivity index (χ2n) is 5.40. The second kappa shape index (κ2) is 3.44. The van der Waals surface area contributed by atoms with Gasteiger partial charge in [0.2, 0.25) is 0 Å². The van der Waals surface area contributed by atoms with Crippen molar-refractivity contribution in [3.8, 4) is 0 Å². The molecule has 3 heteroatoms. The van der Waals surface area contributed by atoms with Gasteiger partial charge in [0, 0.05) is 13.5 Å². The highest BCUT2D eigenvalue weighted by molar-refractivity contribution is 5.09. The molecule has 0 bridgehead atoms. The molecule has 3 nitrogen and oxygen atoms in total. The zero-order valence-electron chi connectivity index (χ0n) is 10.3. The van der Waals surface area contributed by atoms with Crippen LogP contribution in [0.5, 0.6) is 0 Å². The number of hydrogen-bond acceptors (Lipinski definition) is 3. The van der Waals surface area contributed by atoms with Gasteiger partial charge in [-0.2, -0.15) is 9.78 Å². The van der Waals surface area contributed by atoms with Crippen molar-refractivity contribution in [1.82, 2.24) is 0 Å². The van der Waals surface area contributed by atoms with Gasteiger partial charge in [-0.1, -0.05) is 27.2 Å². The summed E-state index contributed by atoms with van der Waals surface area (Å²) in [5.74, 6) is -0.445. The van der Waals surface area contributed by atoms with Crippen LogP contribution in [0.25, 0.3) is 0 Å². The van der Waals surface area contributed by atoms with Gasteiger partial charge in [-0.15, -0.1) is 0 Å². The molecule has 1 heterocycles. The summed E-state index contributed by atoms with van der Waals surface area (Å²) in [7, 11) is 1.79. The van der Waals surface area contributed by atoms with Gasteiger partial charge >= 0.3 is 0 Å². The van der Waals surface area contributed by atoms with Crippen LogP contribution >= 0.6 is 0 Å². The summed E-state index contributed by atoms with van der Waals surface area (Å²) >= 11 is 0. The van der Waals surface area contributed by atoms with Crippen LogP contribution < -0.4 is 0 Å². The van der Waals surface area contributed by atoms with Gasteiger partial charge in [-0.3, -0.25) is 0 Å². The summed E-state index contributed by atoms with van der Waals surface area (Å²) in [5.41, 5.74) is -0.189. The lowest BCUT2D eigenvalue weighted by atomic mass is 9.63. The molecule has 0 aromatic rings. The average molecular weight is 214 g/mol. The van der Waals surface area contributed by atoms with Crippen molar-refractivity contribution in [2.24, 2.45) is 5.41 Å². The topological polar surface area (TPSA) is 34.3 Å². The first kappa shape index (κ1) is 11.4. The highest BCUT2D eigenvalue weighted by atomic mass is 17.4. The molecule has 2 aliphatic rings. The fourth-order valence-electron chi connectivity index (χ4n) is 3.07. The van der Waals surface area contributed by atoms with E-state index in [9.17, 15) is 0 Å². The fourth-order valence-corrected chi connectivity index (χ4v) is 3.07. The Morgan fingerprint density at radius 2 is 1.80 bits per heavy atom. The Hall–Kier alpha value is -0.120. The van der Waals surface area contributed by atoms with Gasteiger partial charge in [0.05, 0.1) is 0 Å². The van der Waals surface area contributed by atoms with Crippen LogP contribution in [0.4, 0.5) is 0 Å². The Kier molecular flexibility index (Phi) is 2.61. The van der Waals surface area contributed by atoms with E-state index in [0.29, 0.717) is 0 Å². The zero-order chi connectivity index (χ0) is 11.2. The van der Waals surface area contributed by atoms with Gasteiger partial charge < -0.3 is 4.74 Å². The minimum atomic E-state index is -0.445. The summed E-state index contributed by atoms with van der Waals surface area (Å²) in [6.45, 7) is 6.69. The first-order valence-corrected chi connectivity index (χ1v) is 5.96. The molecule has 1 saturated heterocycles. The molecule has 2 fully saturated rings. The molecular formula is C12H22O3. The Morgan fingerprint density at radius 1 is 1.20 bits per heavy atom. The van der Waals surface area contributed by atoms with Crippen molar-refractivity contribution in [1.29, 1.82) is 0 Å². The fraction of sp³-hybridized carbons (Fsp3) is 1.00. The number of methoxy groups -OCH3 is 1. The van der Waals surface area contributed by atoms with Crippen LogP contribution in [0.15, 0.2) is 0 Å². The minimum Gasteiger partial charge on any atom is -0.372 e. The van der Waals surface area contributed by atoms with Crippen LogP contribution in [0.3, 0.4) is 0 Å². The third-order valence-electron chi connectivity index (χ3n) is 4.51. The molecule has 0 amide bonds. The predicted octanol–water partition coefficient (Wildman–Crippen LogP) is 3.04. The highest BCUT2D eigenvalue weighted by Crippen LogP contribution is 2.59. The van der Waals surface area contributed by atoms with Gasteiger partial charge in [0.1, 0.15) is 5.60 Å². The van der Waals surface area contributed by atoms with Crippen LogP contribution in [0.2, 0.25) is 0 Å². The van der Waals surface area contributed by atoms with E-state index >= 15 is 0 Å². The minimum absolute atomic E-state index is 0.0820. The van der Waals surface area contributed by atoms with E-state index in [1.54, 1.807) is 7.11 Å². The van der Waals surface area contributed by atoms with Gasteiger partial charge in [0.25, 0.3) is 5.79 Å². The molecule has 0 N–H and O–H groups in total. The van der Waals surface area contributed by atoms with Crippen molar-refractivity contribution in [2.45, 2.75) is 64.3 Å². The van der Waals surface area contributed by atoms with E-state index in [-0.39, 0.29) is 11.0 Å². The molecule has 88 valence electrons. The first-order chi connectivity index (χ1) is 7.04. The maximum Gasteiger partial charge on any atom is 0.263 e. The smallest absolute Gasteiger partial charge is 0.263 e. The van der Waals surface area contributed by atoms with Crippen molar-refractivity contribution < 1.29 is 14.5 Å². The van der Waals surface area contributed by atoms with Gasteiger partial charge in [0.15, 0.2) is 0 Å². The van der Waals surface area contributed by atoms with Gasteiger partial charge in [-0.05, 0) is 24.7 Å². The number of hydrogen-bond donors (Lipinski definition) is 0. The summed E-state index contributed by atoms with van der Waals surface area (Å²) in [5, 5.41) is 0. The van der Waals surface area contributed by atoms with Crippen molar-refractivity contribution in [3.63, 3.8) is 0 Å². The quantitative estimate of drug-likeness (QED) is 0.535. The van der Waals surface area contributed by atoms with E-state index in [4.69, 9.17) is 14.5 Å². The third-order valence-corrected chi connectivity index (χ3v) is 4.51. The van der Waals surface area contributed by atoms with E-state index in [1.165, 1.54) is 12.8 Å². The molecular weight excluding hydrogens is 192 g/mol. The van der Waals surface area contributed by atoms with Gasteiger partial charge in [-0.25, -0.2) is 0 Å². The van der Waals surface area contributed by atoms with E-state index < -0.39 is 5.79 Å². The molecule has 1 spiro atoms. The Morgan fingerprint density at radius 3 is 2.27 bits per heavy atom. The Bertz CT molecular complexity index is 241. The van der Waals surface area contributed by atoms with Crippen molar-refractivity contribution in [2.75, 3.05) is 7.11 Å². The summed E-state index contributed by atoms with van der Waals surface area (Å²) in [4.78, 5) is 10.6. The maximum absolute atomic E-state index is 5.86. The SMILES string of the molecule is CCC(C)(C)C1(OC)CCCCC12OO2. The molecule has 0 aromatic heterocycles. The number of ether oxygens (including phenoxy) is 1. The highest BCUT2D eigenvalue weighted by Gasteiger charge is 2.71. The van der Waals surface area contributed by atoms with E-state index in [1.807, 2.05) is 0 Å². The summed E-state index contributed by atoms with van der Waals surface area (Å²) in [6.07, 6.45) is 5.43. The van der Waals surface area contributed by atoms with E-state index in [2.05, 4.69) is 20.8 Å². The van der Waals surface area contributed by atoms with Crippen molar-refractivity contribution >= 4 is 0 Å². The average Bonchev–Trinajstić information content (AvgIpc) is 2.99. The predicted molar refractivity (Wildman–Crippen MR) is 57.2 cm³/mol. The van der Waals surface area contributed by atoms with Crippen LogP contribution in [-0.2, 0) is 14.5 Å². The summed E-state index contributed by atoms with van der Waals surface area (Å²) < 4.78 is 5.86. The standard InChI is InChI=1S/C12H22O3/c1-5-10(2,3)11(13-4)8-6-7-9-12(11)14-15-12/h5-9H2,1-4H3.